The molecule has 0 atom stereocenters. The van der Waals surface area contributed by atoms with Crippen LogP contribution in [0, 0.1) is 17.1 Å². The Bertz CT molecular complexity index is 1630. The van der Waals surface area contributed by atoms with Gasteiger partial charge < -0.3 is 19.5 Å². The minimum atomic E-state index is -0.615. The van der Waals surface area contributed by atoms with Gasteiger partial charge in [-0.25, -0.2) is 24.4 Å². The second kappa shape index (κ2) is 11.7. The molecule has 1 N–H and O–H groups in total. The van der Waals surface area contributed by atoms with E-state index in [9.17, 15) is 14.4 Å². The van der Waals surface area contributed by atoms with Gasteiger partial charge in [0.2, 0.25) is 0 Å². The molecule has 3 aromatic heterocycles. The monoisotopic (exact) mass is 592 g/mol. The first-order valence-corrected chi connectivity index (χ1v) is 16.8. The SMILES string of the molecule is CC(C)NC(=O)c1ccc(N2CC(CC#N)(n3cc(-c4ncnc5c4ccn5COCCS(C)(C)C)cn3)C2)cc1F. The van der Waals surface area contributed by atoms with E-state index in [1.54, 1.807) is 18.6 Å². The molecule has 4 aromatic rings. The Balaban J connectivity index is 1.32. The number of hydrogen-bond acceptors (Lipinski definition) is 7. The summed E-state index contributed by atoms with van der Waals surface area (Å²) in [5, 5.41) is 17.9. The van der Waals surface area contributed by atoms with Gasteiger partial charge in [-0.05, 0) is 56.9 Å². The molecule has 0 spiro atoms. The molecule has 5 rings (SSSR count). The number of halogens is 1. The molecule has 10 nitrogen and oxygen atoms in total. The number of amides is 1. The molecule has 0 bridgehead atoms. The van der Waals surface area contributed by atoms with Crippen LogP contribution in [-0.4, -0.2) is 80.5 Å². The van der Waals surface area contributed by atoms with Crippen molar-refractivity contribution in [1.82, 2.24) is 29.6 Å². The van der Waals surface area contributed by atoms with Gasteiger partial charge >= 0.3 is 0 Å². The van der Waals surface area contributed by atoms with Crippen LogP contribution in [0.5, 0.6) is 0 Å². The molecule has 4 heterocycles. The van der Waals surface area contributed by atoms with E-state index in [2.05, 4.69) is 45.2 Å². The van der Waals surface area contributed by atoms with Crippen LogP contribution < -0.4 is 10.2 Å². The summed E-state index contributed by atoms with van der Waals surface area (Å²) in [6.07, 6.45) is 14.2. The van der Waals surface area contributed by atoms with E-state index in [4.69, 9.17) is 4.74 Å². The standard InChI is InChI=1S/C30H37FN8O2S/c1-21(2)36-29(40)24-7-6-23(14-26(24)31)38-17-30(18-38,9-10-32)39-16-22(15-35-39)27-25-8-11-37(28(25)34-19-33-27)20-41-12-13-42(3,4)5/h6-8,11,14-16,19,21H,9,12-13,17-18,20H2,1-5H3,(H,36,40). The lowest BCUT2D eigenvalue weighted by Gasteiger charge is -2.50. The highest BCUT2D eigenvalue weighted by Crippen LogP contribution is 2.38. The maximum absolute atomic E-state index is 14.8. The molecular weight excluding hydrogens is 555 g/mol. The van der Waals surface area contributed by atoms with Crippen LogP contribution in [0.4, 0.5) is 10.1 Å². The fraction of sp³-hybridized carbons (Fsp3) is 0.433. The third-order valence-electron chi connectivity index (χ3n) is 7.33. The van der Waals surface area contributed by atoms with E-state index in [-0.39, 0.29) is 18.0 Å². The van der Waals surface area contributed by atoms with Crippen molar-refractivity contribution in [1.29, 1.82) is 5.26 Å². The molecule has 0 saturated carbocycles. The van der Waals surface area contributed by atoms with Gasteiger partial charge in [-0.15, -0.1) is 0 Å². The molecule has 1 amide bonds. The Kier molecular flexibility index (Phi) is 8.25. The Morgan fingerprint density at radius 2 is 2.02 bits per heavy atom. The van der Waals surface area contributed by atoms with Gasteiger partial charge in [-0.2, -0.15) is 10.4 Å². The van der Waals surface area contributed by atoms with Crippen molar-refractivity contribution in [2.75, 3.05) is 49.1 Å². The lowest BCUT2D eigenvalue weighted by molar-refractivity contribution is 0.0923. The van der Waals surface area contributed by atoms with Crippen LogP contribution in [0.15, 0.2) is 49.2 Å². The zero-order valence-electron chi connectivity index (χ0n) is 24.7. The number of hydrogen-bond donors (Lipinski definition) is 1. The van der Waals surface area contributed by atoms with Gasteiger partial charge in [-0.3, -0.25) is 9.48 Å². The van der Waals surface area contributed by atoms with Gasteiger partial charge in [-0.1, -0.05) is 0 Å². The molecule has 1 saturated heterocycles. The lowest BCUT2D eigenvalue weighted by atomic mass is 9.86. The fourth-order valence-corrected chi connectivity index (χ4v) is 5.69. The number of nitrogens with one attached hydrogen (secondary N) is 1. The third-order valence-corrected chi connectivity index (χ3v) is 8.72. The Morgan fingerprint density at radius 3 is 2.71 bits per heavy atom. The molecule has 222 valence electrons. The zero-order valence-corrected chi connectivity index (χ0v) is 25.5. The van der Waals surface area contributed by atoms with E-state index in [1.165, 1.54) is 12.1 Å². The second-order valence-corrected chi connectivity index (χ2v) is 16.5. The van der Waals surface area contributed by atoms with E-state index < -0.39 is 27.3 Å². The molecule has 1 aliphatic rings. The minimum absolute atomic E-state index is 0.00967. The van der Waals surface area contributed by atoms with E-state index in [0.717, 1.165) is 28.0 Å². The molecule has 42 heavy (non-hydrogen) atoms. The summed E-state index contributed by atoms with van der Waals surface area (Å²) in [4.78, 5) is 23.3. The van der Waals surface area contributed by atoms with Crippen molar-refractivity contribution in [3.8, 4) is 17.3 Å². The number of carbonyl (C=O) groups excluding carboxylic acids is 1. The fourth-order valence-electron chi connectivity index (χ4n) is 5.07. The largest absolute Gasteiger partial charge is 0.366 e. The van der Waals surface area contributed by atoms with Crippen molar-refractivity contribution in [2.24, 2.45) is 0 Å². The van der Waals surface area contributed by atoms with Crippen LogP contribution >= 0.6 is 10.0 Å². The number of fused-ring (bicyclic) bond motifs is 1. The quantitative estimate of drug-likeness (QED) is 0.257. The molecule has 1 aromatic carbocycles. The summed E-state index contributed by atoms with van der Waals surface area (Å²) in [5.74, 6) is 0.0253. The number of carbonyl (C=O) groups is 1. The molecular formula is C30H37FN8O2S. The second-order valence-electron chi connectivity index (χ2n) is 12.0. The van der Waals surface area contributed by atoms with Gasteiger partial charge in [0, 0.05) is 53.9 Å². The normalized spacial score (nSPS) is 15.0. The number of rotatable bonds is 11. The highest BCUT2D eigenvalue weighted by Gasteiger charge is 2.46. The molecule has 0 aliphatic carbocycles. The average Bonchev–Trinajstić information content (AvgIpc) is 3.55. The highest BCUT2D eigenvalue weighted by molar-refractivity contribution is 8.32. The van der Waals surface area contributed by atoms with Gasteiger partial charge in [0.15, 0.2) is 0 Å². The van der Waals surface area contributed by atoms with Gasteiger partial charge in [0.25, 0.3) is 5.91 Å². The molecule has 12 heteroatoms. The van der Waals surface area contributed by atoms with E-state index in [1.807, 2.05) is 46.5 Å². The number of nitrogens with zero attached hydrogens (tertiary/aromatic N) is 7. The van der Waals surface area contributed by atoms with Crippen LogP contribution in [-0.2, 0) is 17.0 Å². The van der Waals surface area contributed by atoms with E-state index in [0.29, 0.717) is 32.1 Å². The van der Waals surface area contributed by atoms with Crippen molar-refractivity contribution < 1.29 is 13.9 Å². The minimum Gasteiger partial charge on any atom is -0.366 e. The Hall–Kier alpha value is -3.95. The van der Waals surface area contributed by atoms with Crippen LogP contribution in [0.2, 0.25) is 0 Å². The van der Waals surface area contributed by atoms with Crippen molar-refractivity contribution >= 4 is 32.7 Å². The number of nitriles is 1. The number of benzene rings is 1. The van der Waals surface area contributed by atoms with Crippen LogP contribution in [0.25, 0.3) is 22.3 Å². The van der Waals surface area contributed by atoms with Crippen molar-refractivity contribution in [3.05, 3.63) is 60.6 Å². The van der Waals surface area contributed by atoms with Crippen molar-refractivity contribution in [3.63, 3.8) is 0 Å². The van der Waals surface area contributed by atoms with Gasteiger partial charge in [0.05, 0.1) is 36.6 Å². The average molecular weight is 593 g/mol. The first kappa shape index (κ1) is 29.5. The maximum atomic E-state index is 14.8. The summed E-state index contributed by atoms with van der Waals surface area (Å²) >= 11 is 0. The maximum Gasteiger partial charge on any atom is 0.254 e. The highest BCUT2D eigenvalue weighted by atomic mass is 32.3. The first-order chi connectivity index (χ1) is 20.0. The lowest BCUT2D eigenvalue weighted by Crippen LogP contribution is -2.63. The summed E-state index contributed by atoms with van der Waals surface area (Å²) in [5.41, 5.74) is 2.45. The number of anilines is 1. The molecule has 1 fully saturated rings. The third kappa shape index (κ3) is 6.12. The van der Waals surface area contributed by atoms with Gasteiger partial charge in [0.1, 0.15) is 30.1 Å². The van der Waals surface area contributed by atoms with Crippen LogP contribution in [0.1, 0.15) is 30.6 Å². The summed E-state index contributed by atoms with van der Waals surface area (Å²) in [6, 6.07) is 8.80. The van der Waals surface area contributed by atoms with Crippen LogP contribution in [0.3, 0.4) is 0 Å². The smallest absolute Gasteiger partial charge is 0.254 e. The first-order valence-electron chi connectivity index (χ1n) is 13.8. The summed E-state index contributed by atoms with van der Waals surface area (Å²) < 4.78 is 24.5. The number of ether oxygens (including phenoxy) is 1. The topological polar surface area (TPSA) is 114 Å². The molecule has 1 aliphatic heterocycles. The predicted molar refractivity (Wildman–Crippen MR) is 164 cm³/mol. The van der Waals surface area contributed by atoms with E-state index >= 15 is 0 Å². The Morgan fingerprint density at radius 1 is 1.24 bits per heavy atom. The summed E-state index contributed by atoms with van der Waals surface area (Å²) in [7, 11) is -0.615. The zero-order chi connectivity index (χ0) is 30.1. The molecule has 0 unspecified atom stereocenters. The molecule has 0 radical (unpaired) electrons. The number of aromatic nitrogens is 5. The van der Waals surface area contributed by atoms with Crippen molar-refractivity contribution in [2.45, 2.75) is 38.6 Å². The summed E-state index contributed by atoms with van der Waals surface area (Å²) in [6.45, 7) is 5.72. The Labute approximate surface area is 246 Å². The predicted octanol–water partition coefficient (Wildman–Crippen LogP) is 4.37.